The molecule has 43 heavy (non-hydrogen) atoms. The van der Waals surface area contributed by atoms with Gasteiger partial charge in [-0.05, 0) is 119 Å². The summed E-state index contributed by atoms with van der Waals surface area (Å²) in [7, 11) is 0. The number of piperidine rings is 2. The van der Waals surface area contributed by atoms with Crippen molar-refractivity contribution in [3.05, 3.63) is 58.8 Å². The van der Waals surface area contributed by atoms with Crippen molar-refractivity contribution in [1.29, 1.82) is 0 Å². The molecule has 3 saturated heterocycles. The zero-order valence-corrected chi connectivity index (χ0v) is 26.0. The molecule has 6 aliphatic heterocycles. The lowest BCUT2D eigenvalue weighted by atomic mass is 9.52. The molecule has 6 atom stereocenters. The normalized spacial score (nSPS) is 37.5. The van der Waals surface area contributed by atoms with E-state index in [0.29, 0.717) is 23.2 Å². The highest BCUT2D eigenvalue weighted by Crippen LogP contribution is 2.67. The molecule has 2 aromatic carbocycles. The van der Waals surface area contributed by atoms with Gasteiger partial charge in [-0.25, -0.2) is 0 Å². The molecule has 7 aliphatic rings. The van der Waals surface area contributed by atoms with Gasteiger partial charge in [0.2, 0.25) is 0 Å². The maximum atomic E-state index is 11.8. The number of aliphatic imine (C=N–C) groups is 1. The third kappa shape index (κ3) is 2.91. The summed E-state index contributed by atoms with van der Waals surface area (Å²) < 4.78 is 2.78. The number of para-hydroxylation sites is 1. The molecule has 1 N–H and O–H groups in total. The van der Waals surface area contributed by atoms with Gasteiger partial charge in [0.05, 0.1) is 23.2 Å². The van der Waals surface area contributed by atoms with Crippen molar-refractivity contribution in [3.8, 4) is 5.75 Å². The Morgan fingerprint density at radius 1 is 0.860 bits per heavy atom. The van der Waals surface area contributed by atoms with Gasteiger partial charge in [0.1, 0.15) is 5.75 Å². The second kappa shape index (κ2) is 8.54. The van der Waals surface area contributed by atoms with Crippen molar-refractivity contribution in [2.24, 2.45) is 15.8 Å². The fraction of sp³-hybridized carbons (Fsp3) is 0.605. The lowest BCUT2D eigenvalue weighted by Crippen LogP contribution is -2.61. The summed E-state index contributed by atoms with van der Waals surface area (Å²) in [6.07, 6.45) is 13.5. The molecular formula is C38H46N4O. The van der Waals surface area contributed by atoms with Crippen LogP contribution in [0.5, 0.6) is 5.75 Å². The predicted octanol–water partition coefficient (Wildman–Crippen LogP) is 7.81. The van der Waals surface area contributed by atoms with Gasteiger partial charge in [-0.1, -0.05) is 38.1 Å². The van der Waals surface area contributed by atoms with Gasteiger partial charge in [-0.15, -0.1) is 0 Å². The van der Waals surface area contributed by atoms with Crippen LogP contribution in [-0.4, -0.2) is 57.4 Å². The van der Waals surface area contributed by atoms with Crippen LogP contribution in [0, 0.1) is 10.8 Å². The first kappa shape index (κ1) is 25.7. The third-order valence-corrected chi connectivity index (χ3v) is 14.3. The monoisotopic (exact) mass is 574 g/mol. The predicted molar refractivity (Wildman–Crippen MR) is 173 cm³/mol. The van der Waals surface area contributed by atoms with Gasteiger partial charge in [-0.3, -0.25) is 14.8 Å². The Hall–Kier alpha value is -2.63. The van der Waals surface area contributed by atoms with E-state index in [2.05, 4.69) is 64.6 Å². The minimum absolute atomic E-state index is 0.108. The molecule has 224 valence electrons. The summed E-state index contributed by atoms with van der Waals surface area (Å²) >= 11 is 0. The fourth-order valence-corrected chi connectivity index (χ4v) is 12.6. The molecular weight excluding hydrogens is 528 g/mol. The van der Waals surface area contributed by atoms with Gasteiger partial charge in [0.25, 0.3) is 0 Å². The SMILES string of the molecule is CCC12CCCN3CCc4c(n(c5ccccc45)C(c4ccc(O)c5c4N=C4CCC6(CC)CCCN7CCC45C76)C1)C32. The van der Waals surface area contributed by atoms with Crippen molar-refractivity contribution in [2.75, 3.05) is 26.2 Å². The Morgan fingerprint density at radius 2 is 1.67 bits per heavy atom. The number of rotatable bonds is 3. The molecule has 10 rings (SSSR count). The van der Waals surface area contributed by atoms with Crippen LogP contribution in [-0.2, 0) is 11.8 Å². The lowest BCUT2D eigenvalue weighted by Gasteiger charge is -2.57. The Labute approximate surface area is 256 Å². The van der Waals surface area contributed by atoms with Crippen LogP contribution >= 0.6 is 0 Å². The first-order valence-corrected chi connectivity index (χ1v) is 17.6. The molecule has 0 amide bonds. The average molecular weight is 575 g/mol. The van der Waals surface area contributed by atoms with Gasteiger partial charge < -0.3 is 9.67 Å². The molecule has 5 heteroatoms. The smallest absolute Gasteiger partial charge is 0.121 e. The number of benzene rings is 2. The summed E-state index contributed by atoms with van der Waals surface area (Å²) in [5, 5.41) is 13.3. The van der Waals surface area contributed by atoms with E-state index in [0.717, 1.165) is 31.5 Å². The first-order valence-electron chi connectivity index (χ1n) is 17.6. The van der Waals surface area contributed by atoms with Crippen LogP contribution < -0.4 is 0 Å². The Bertz CT molecular complexity index is 1720. The van der Waals surface area contributed by atoms with Gasteiger partial charge in [0.15, 0.2) is 0 Å². The number of aromatic nitrogens is 1. The van der Waals surface area contributed by atoms with Crippen molar-refractivity contribution < 1.29 is 5.11 Å². The average Bonchev–Trinajstić information content (AvgIpc) is 3.72. The largest absolute Gasteiger partial charge is 0.508 e. The third-order valence-electron chi connectivity index (χ3n) is 14.3. The van der Waals surface area contributed by atoms with E-state index < -0.39 is 0 Å². The van der Waals surface area contributed by atoms with E-state index >= 15 is 0 Å². The summed E-state index contributed by atoms with van der Waals surface area (Å²) in [6, 6.07) is 14.9. The van der Waals surface area contributed by atoms with Crippen molar-refractivity contribution in [2.45, 2.75) is 108 Å². The number of nitrogens with zero attached hydrogens (tertiary/aromatic N) is 4. The number of aromatic hydroxyl groups is 1. The van der Waals surface area contributed by atoms with E-state index in [1.54, 1.807) is 11.3 Å². The van der Waals surface area contributed by atoms with Crippen molar-refractivity contribution in [3.63, 3.8) is 0 Å². The van der Waals surface area contributed by atoms with E-state index in [1.807, 2.05) is 0 Å². The fourth-order valence-electron chi connectivity index (χ4n) is 12.6. The van der Waals surface area contributed by atoms with E-state index in [1.165, 1.54) is 98.7 Å². The quantitative estimate of drug-likeness (QED) is 0.347. The summed E-state index contributed by atoms with van der Waals surface area (Å²) in [6.45, 7) is 9.67. The number of phenols is 1. The summed E-state index contributed by atoms with van der Waals surface area (Å²) in [5.41, 5.74) is 10.3. The molecule has 1 aliphatic carbocycles. The topological polar surface area (TPSA) is 44.0 Å². The lowest BCUT2D eigenvalue weighted by molar-refractivity contribution is -0.0312. The molecule has 1 aromatic heterocycles. The number of hydrogen-bond donors (Lipinski definition) is 1. The van der Waals surface area contributed by atoms with Crippen molar-refractivity contribution >= 4 is 22.3 Å². The highest BCUT2D eigenvalue weighted by molar-refractivity contribution is 6.05. The molecule has 6 unspecified atom stereocenters. The molecule has 1 saturated carbocycles. The van der Waals surface area contributed by atoms with Gasteiger partial charge in [0, 0.05) is 46.0 Å². The van der Waals surface area contributed by atoms with Crippen LogP contribution in [0.4, 0.5) is 5.69 Å². The number of phenolic OH excluding ortho intramolecular Hbond substituents is 1. The van der Waals surface area contributed by atoms with E-state index in [4.69, 9.17) is 4.99 Å². The number of hydrogen-bond acceptors (Lipinski definition) is 4. The highest BCUT2D eigenvalue weighted by atomic mass is 16.3. The zero-order chi connectivity index (χ0) is 28.7. The molecule has 1 spiro atoms. The molecule has 3 aromatic rings. The van der Waals surface area contributed by atoms with Crippen LogP contribution in [0.15, 0.2) is 41.4 Å². The van der Waals surface area contributed by atoms with E-state index in [9.17, 15) is 5.11 Å². The molecule has 0 bridgehead atoms. The Balaban J connectivity index is 1.23. The zero-order valence-electron chi connectivity index (χ0n) is 26.0. The Kier molecular flexibility index (Phi) is 5.10. The van der Waals surface area contributed by atoms with E-state index in [-0.39, 0.29) is 16.9 Å². The first-order chi connectivity index (χ1) is 21.1. The maximum absolute atomic E-state index is 11.8. The van der Waals surface area contributed by atoms with Crippen LogP contribution in [0.3, 0.4) is 0 Å². The number of fused-ring (bicyclic) bond motifs is 4. The molecule has 5 nitrogen and oxygen atoms in total. The summed E-state index contributed by atoms with van der Waals surface area (Å²) in [4.78, 5) is 11.3. The van der Waals surface area contributed by atoms with Crippen molar-refractivity contribution in [1.82, 2.24) is 14.4 Å². The van der Waals surface area contributed by atoms with Gasteiger partial charge >= 0.3 is 0 Å². The minimum atomic E-state index is -0.108. The standard InChI is InChI=1S/C38H46N4O/c1-3-36-15-7-20-41-22-18-38(35(36)41)30(13-17-36)39-32-26(11-12-29(43)31(32)38)28-23-37(4-2)16-8-19-40-21-14-25-24-9-5-6-10-27(24)42(28)33(25)34(37)40/h5-6,9-12,28,34-35,43H,3-4,7-8,13-23H2,1-2H3. The summed E-state index contributed by atoms with van der Waals surface area (Å²) in [5.74, 6) is 0.499. The molecule has 4 fully saturated rings. The highest BCUT2D eigenvalue weighted by Gasteiger charge is 2.66. The molecule has 0 radical (unpaired) electrons. The van der Waals surface area contributed by atoms with Gasteiger partial charge in [-0.2, -0.15) is 0 Å². The van der Waals surface area contributed by atoms with Crippen LogP contribution in [0.1, 0.15) is 113 Å². The second-order valence-corrected chi connectivity index (χ2v) is 15.4. The molecule has 7 heterocycles. The second-order valence-electron chi connectivity index (χ2n) is 15.4. The van der Waals surface area contributed by atoms with Crippen LogP contribution in [0.2, 0.25) is 0 Å². The minimum Gasteiger partial charge on any atom is -0.508 e. The maximum Gasteiger partial charge on any atom is 0.121 e. The Morgan fingerprint density at radius 3 is 2.53 bits per heavy atom. The van der Waals surface area contributed by atoms with Crippen LogP contribution in [0.25, 0.3) is 10.9 Å².